The van der Waals surface area contributed by atoms with Crippen LogP contribution in [0.3, 0.4) is 0 Å². The summed E-state index contributed by atoms with van der Waals surface area (Å²) in [7, 11) is -0.964. The van der Waals surface area contributed by atoms with Gasteiger partial charge in [-0.2, -0.15) is 5.10 Å². The van der Waals surface area contributed by atoms with Crippen LogP contribution in [-0.2, 0) is 23.4 Å². The summed E-state index contributed by atoms with van der Waals surface area (Å²) in [6.07, 6.45) is 9.11. The molecule has 6 rings (SSSR count). The fraction of sp³-hybridized carbons (Fsp3) is 0.286. The molecule has 5 aromatic rings. The summed E-state index contributed by atoms with van der Waals surface area (Å²) < 4.78 is 32.9. The van der Waals surface area contributed by atoms with Crippen LogP contribution >= 0.6 is 0 Å². The zero-order valence-corrected chi connectivity index (χ0v) is 23.0. The summed E-state index contributed by atoms with van der Waals surface area (Å²) in [4.78, 5) is 15.5. The third kappa shape index (κ3) is 5.97. The molecule has 0 radical (unpaired) electrons. The van der Waals surface area contributed by atoms with E-state index < -0.39 is 9.84 Å². The maximum atomic E-state index is 11.6. The van der Waals surface area contributed by atoms with E-state index in [1.807, 2.05) is 48.2 Å². The number of fused-ring (bicyclic) bond motifs is 1. The number of anilines is 1. The Morgan fingerprint density at radius 1 is 0.975 bits per heavy atom. The Balaban J connectivity index is 1.07. The highest BCUT2D eigenvalue weighted by atomic mass is 32.2. The van der Waals surface area contributed by atoms with Crippen molar-refractivity contribution in [2.45, 2.75) is 6.54 Å². The Morgan fingerprint density at radius 3 is 2.58 bits per heavy atom. The number of hydrogen-bond donors (Lipinski definition) is 1. The predicted molar refractivity (Wildman–Crippen MR) is 153 cm³/mol. The summed E-state index contributed by atoms with van der Waals surface area (Å²) in [6, 6.07) is 14.1. The molecule has 1 aliphatic heterocycles. The largest absolute Gasteiger partial charge is 0.492 e. The molecule has 1 aliphatic rings. The van der Waals surface area contributed by atoms with Gasteiger partial charge in [0.1, 0.15) is 30.1 Å². The quantitative estimate of drug-likeness (QED) is 0.291. The van der Waals surface area contributed by atoms with Gasteiger partial charge in [-0.3, -0.25) is 14.0 Å². The first kappa shape index (κ1) is 26.0. The molecule has 0 atom stereocenters. The molecule has 1 fully saturated rings. The van der Waals surface area contributed by atoms with Crippen LogP contribution in [0.25, 0.3) is 28.2 Å². The Kier molecular flexibility index (Phi) is 7.18. The smallest absolute Gasteiger partial charge is 0.152 e. The van der Waals surface area contributed by atoms with E-state index in [0.717, 1.165) is 39.5 Å². The van der Waals surface area contributed by atoms with Crippen LogP contribution in [0.4, 0.5) is 5.82 Å². The summed E-state index contributed by atoms with van der Waals surface area (Å²) in [5.74, 6) is 1.88. The number of aromatic nitrogens is 6. The van der Waals surface area contributed by atoms with Crippen molar-refractivity contribution in [3.05, 3.63) is 79.1 Å². The Hall–Kier alpha value is -4.29. The van der Waals surface area contributed by atoms with E-state index in [1.54, 1.807) is 17.2 Å². The maximum Gasteiger partial charge on any atom is 0.152 e. The minimum Gasteiger partial charge on any atom is -0.492 e. The monoisotopic (exact) mass is 558 g/mol. The number of benzene rings is 1. The van der Waals surface area contributed by atoms with E-state index in [9.17, 15) is 8.42 Å². The first-order chi connectivity index (χ1) is 19.4. The zero-order valence-electron chi connectivity index (χ0n) is 22.1. The van der Waals surface area contributed by atoms with Crippen LogP contribution in [0, 0.1) is 0 Å². The second-order valence-electron chi connectivity index (χ2n) is 9.82. The van der Waals surface area contributed by atoms with Crippen molar-refractivity contribution in [2.75, 3.05) is 43.1 Å². The zero-order chi connectivity index (χ0) is 27.5. The van der Waals surface area contributed by atoms with Crippen molar-refractivity contribution >= 4 is 21.3 Å². The van der Waals surface area contributed by atoms with Crippen molar-refractivity contribution < 1.29 is 13.2 Å². The van der Waals surface area contributed by atoms with Gasteiger partial charge in [0, 0.05) is 63.3 Å². The lowest BCUT2D eigenvalue weighted by Gasteiger charge is -2.26. The van der Waals surface area contributed by atoms with E-state index in [-0.39, 0.29) is 11.5 Å². The number of nitrogens with one attached hydrogen (secondary N) is 1. The molecular weight excluding hydrogens is 528 g/mol. The lowest BCUT2D eigenvalue weighted by atomic mass is 10.1. The molecule has 5 heterocycles. The summed E-state index contributed by atoms with van der Waals surface area (Å²) >= 11 is 0. The molecule has 11 nitrogen and oxygen atoms in total. The third-order valence-electron chi connectivity index (χ3n) is 6.99. The predicted octanol–water partition coefficient (Wildman–Crippen LogP) is 2.91. The second-order valence-corrected chi connectivity index (χ2v) is 12.1. The molecule has 206 valence electrons. The fourth-order valence-corrected chi connectivity index (χ4v) is 5.96. The van der Waals surface area contributed by atoms with Crippen LogP contribution in [0.2, 0.25) is 0 Å². The van der Waals surface area contributed by atoms with Gasteiger partial charge in [-0.25, -0.2) is 23.4 Å². The molecule has 0 spiro atoms. The molecule has 0 saturated carbocycles. The van der Waals surface area contributed by atoms with Crippen LogP contribution in [-0.4, -0.2) is 80.2 Å². The van der Waals surface area contributed by atoms with Crippen LogP contribution in [0.15, 0.2) is 73.6 Å². The summed E-state index contributed by atoms with van der Waals surface area (Å²) in [5.41, 5.74) is 5.71. The SMILES string of the molecule is Cn1cc(-c2ccc(CNc3cc(-c4cnc5cc(OCCN6CCS(=O)(=O)CC6)ccn45)ncn3)cc2)cn1. The van der Waals surface area contributed by atoms with Crippen molar-refractivity contribution in [3.8, 4) is 28.3 Å². The number of aryl methyl sites for hydroxylation is 1. The first-order valence-electron chi connectivity index (χ1n) is 13.1. The minimum absolute atomic E-state index is 0.218. The Morgan fingerprint density at radius 2 is 1.80 bits per heavy atom. The molecule has 0 unspecified atom stereocenters. The molecule has 0 bridgehead atoms. The van der Waals surface area contributed by atoms with Crippen LogP contribution in [0.5, 0.6) is 5.75 Å². The number of imidazole rings is 1. The number of rotatable bonds is 9. The molecule has 12 heteroatoms. The standard InChI is InChI=1S/C28H30N8O3S/c1-34-19-23(17-33-34)22-4-2-21(3-5-22)16-29-27-15-25(31-20-32-27)26-18-30-28-14-24(6-7-36(26)28)39-11-8-35-9-12-40(37,38)13-10-35/h2-7,14-15,17-20H,8-13,16H2,1H3,(H,29,31,32). The second kappa shape index (κ2) is 11.1. The average Bonchev–Trinajstić information content (AvgIpc) is 3.59. The van der Waals surface area contributed by atoms with Crippen molar-refractivity contribution in [3.63, 3.8) is 0 Å². The van der Waals surface area contributed by atoms with Crippen molar-refractivity contribution in [2.24, 2.45) is 7.05 Å². The van der Waals surface area contributed by atoms with Gasteiger partial charge in [0.25, 0.3) is 0 Å². The molecule has 1 N–H and O–H groups in total. The normalized spacial score (nSPS) is 15.3. The number of nitrogens with zero attached hydrogens (tertiary/aromatic N) is 7. The Bertz CT molecular complexity index is 1720. The fourth-order valence-electron chi connectivity index (χ4n) is 4.68. The van der Waals surface area contributed by atoms with Gasteiger partial charge in [-0.05, 0) is 17.2 Å². The van der Waals surface area contributed by atoms with Gasteiger partial charge in [0.2, 0.25) is 0 Å². The van der Waals surface area contributed by atoms with Gasteiger partial charge < -0.3 is 10.1 Å². The molecule has 0 aliphatic carbocycles. The van der Waals surface area contributed by atoms with Gasteiger partial charge >= 0.3 is 0 Å². The lowest BCUT2D eigenvalue weighted by molar-refractivity contribution is 0.219. The molecule has 40 heavy (non-hydrogen) atoms. The van der Waals surface area contributed by atoms with Crippen LogP contribution in [0.1, 0.15) is 5.56 Å². The highest BCUT2D eigenvalue weighted by Gasteiger charge is 2.21. The van der Waals surface area contributed by atoms with Gasteiger partial charge in [-0.1, -0.05) is 24.3 Å². The number of pyridine rings is 1. The van der Waals surface area contributed by atoms with Gasteiger partial charge in [0.15, 0.2) is 9.84 Å². The van der Waals surface area contributed by atoms with E-state index in [1.165, 1.54) is 0 Å². The Labute approximate surface area is 232 Å². The van der Waals surface area contributed by atoms with Gasteiger partial charge in [0.05, 0.1) is 35.3 Å². The summed E-state index contributed by atoms with van der Waals surface area (Å²) in [5, 5.41) is 7.62. The van der Waals surface area contributed by atoms with Crippen molar-refractivity contribution in [1.29, 1.82) is 0 Å². The van der Waals surface area contributed by atoms with Gasteiger partial charge in [-0.15, -0.1) is 0 Å². The molecule has 4 aromatic heterocycles. The number of ether oxygens (including phenoxy) is 1. The highest BCUT2D eigenvalue weighted by molar-refractivity contribution is 7.91. The molecule has 0 amide bonds. The van der Waals surface area contributed by atoms with E-state index in [0.29, 0.717) is 38.5 Å². The molecule has 1 saturated heterocycles. The number of sulfone groups is 1. The van der Waals surface area contributed by atoms with Crippen molar-refractivity contribution in [1.82, 2.24) is 34.0 Å². The molecular formula is C28H30N8O3S. The topological polar surface area (TPSA) is 120 Å². The highest BCUT2D eigenvalue weighted by Crippen LogP contribution is 2.24. The number of hydrogen-bond acceptors (Lipinski definition) is 9. The minimum atomic E-state index is -2.88. The average molecular weight is 559 g/mol. The van der Waals surface area contributed by atoms with Crippen LogP contribution < -0.4 is 10.1 Å². The third-order valence-corrected chi connectivity index (χ3v) is 8.60. The lowest BCUT2D eigenvalue weighted by Crippen LogP contribution is -2.42. The van der Waals surface area contributed by atoms with E-state index in [2.05, 4.69) is 54.5 Å². The summed E-state index contributed by atoms with van der Waals surface area (Å²) in [6.45, 7) is 2.92. The maximum absolute atomic E-state index is 11.6. The first-order valence-corrected chi connectivity index (χ1v) is 14.9. The van der Waals surface area contributed by atoms with E-state index >= 15 is 0 Å². The molecule has 1 aromatic carbocycles. The van der Waals surface area contributed by atoms with E-state index in [4.69, 9.17) is 4.74 Å².